The summed E-state index contributed by atoms with van der Waals surface area (Å²) in [4.78, 5) is 11.2. The average molecular weight is 279 g/mol. The summed E-state index contributed by atoms with van der Waals surface area (Å²) < 4.78 is 0. The highest BCUT2D eigenvalue weighted by Crippen LogP contribution is 2.30. The number of carbonyl (C=O) groups is 1. The zero-order valence-corrected chi connectivity index (χ0v) is 12.0. The van der Waals surface area contributed by atoms with Crippen molar-refractivity contribution in [1.29, 1.82) is 0 Å². The zero-order chi connectivity index (χ0) is 13.8. The normalized spacial score (nSPS) is 23.0. The lowest BCUT2D eigenvalue weighted by atomic mass is 9.94. The van der Waals surface area contributed by atoms with Gasteiger partial charge in [-0.05, 0) is 50.1 Å². The quantitative estimate of drug-likeness (QED) is 0.739. The molecule has 2 rings (SSSR count). The summed E-state index contributed by atoms with van der Waals surface area (Å²) >= 11 is 1.95. The Balaban J connectivity index is 2.03. The molecule has 5 N–H and O–H groups in total. The molecule has 1 amide bonds. The van der Waals surface area contributed by atoms with E-state index in [2.05, 4.69) is 11.6 Å². The summed E-state index contributed by atoms with van der Waals surface area (Å²) in [5.41, 5.74) is 13.2. The number of benzene rings is 1. The third-order valence-corrected chi connectivity index (χ3v) is 4.84. The van der Waals surface area contributed by atoms with Crippen molar-refractivity contribution in [3.8, 4) is 0 Å². The Kier molecular flexibility index (Phi) is 4.58. The number of nitrogens with two attached hydrogens (primary N) is 2. The second kappa shape index (κ2) is 6.19. The molecule has 1 aliphatic carbocycles. The van der Waals surface area contributed by atoms with Crippen molar-refractivity contribution in [1.82, 2.24) is 0 Å². The molecule has 1 aromatic carbocycles. The summed E-state index contributed by atoms with van der Waals surface area (Å²) in [5, 5.41) is 4.23. The molecule has 4 nitrogen and oxygen atoms in total. The predicted octanol–water partition coefficient (Wildman–Crippen LogP) is 2.45. The highest BCUT2D eigenvalue weighted by Gasteiger charge is 2.20. The maximum atomic E-state index is 11.2. The van der Waals surface area contributed by atoms with Gasteiger partial charge in [0.05, 0.1) is 11.4 Å². The fourth-order valence-corrected chi connectivity index (χ4v) is 3.24. The maximum Gasteiger partial charge on any atom is 0.248 e. The summed E-state index contributed by atoms with van der Waals surface area (Å²) in [6, 6.07) is 5.58. The number of anilines is 2. The largest absolute Gasteiger partial charge is 0.397 e. The fourth-order valence-electron chi connectivity index (χ4n) is 2.50. The van der Waals surface area contributed by atoms with Gasteiger partial charge in [-0.1, -0.05) is 0 Å². The number of nitrogens with one attached hydrogen (secondary N) is 1. The number of thioether (sulfide) groups is 1. The van der Waals surface area contributed by atoms with Crippen LogP contribution in [0.2, 0.25) is 0 Å². The first-order chi connectivity index (χ1) is 9.10. The van der Waals surface area contributed by atoms with Crippen molar-refractivity contribution in [2.75, 3.05) is 17.3 Å². The Labute approximate surface area is 118 Å². The van der Waals surface area contributed by atoms with E-state index in [1.807, 2.05) is 11.8 Å². The van der Waals surface area contributed by atoms with Gasteiger partial charge in [0.2, 0.25) is 5.91 Å². The first-order valence-electron chi connectivity index (χ1n) is 6.59. The van der Waals surface area contributed by atoms with Gasteiger partial charge in [-0.2, -0.15) is 11.8 Å². The highest BCUT2D eigenvalue weighted by atomic mass is 32.2. The highest BCUT2D eigenvalue weighted by molar-refractivity contribution is 7.99. The van der Waals surface area contributed by atoms with Crippen molar-refractivity contribution < 1.29 is 4.79 Å². The molecule has 1 saturated carbocycles. The first-order valence-corrected chi connectivity index (χ1v) is 7.87. The molecule has 5 heteroatoms. The van der Waals surface area contributed by atoms with E-state index in [0.717, 1.165) is 23.8 Å². The molecule has 1 aromatic rings. The lowest BCUT2D eigenvalue weighted by molar-refractivity contribution is 0.100. The summed E-state index contributed by atoms with van der Waals surface area (Å²) in [6.07, 6.45) is 6.92. The summed E-state index contributed by atoms with van der Waals surface area (Å²) in [5.74, 6) is -0.422. The smallest absolute Gasteiger partial charge is 0.248 e. The van der Waals surface area contributed by atoms with Gasteiger partial charge in [-0.25, -0.2) is 0 Å². The number of carbonyl (C=O) groups excluding carboxylic acids is 1. The van der Waals surface area contributed by atoms with Gasteiger partial charge in [0.1, 0.15) is 0 Å². The Morgan fingerprint density at radius 1 is 1.32 bits per heavy atom. The number of primary amides is 1. The third kappa shape index (κ3) is 3.56. The van der Waals surface area contributed by atoms with Gasteiger partial charge in [-0.3, -0.25) is 4.79 Å². The van der Waals surface area contributed by atoms with Crippen LogP contribution in [0.15, 0.2) is 18.2 Å². The molecule has 0 radical (unpaired) electrons. The molecule has 1 fully saturated rings. The van der Waals surface area contributed by atoms with Crippen LogP contribution in [0.25, 0.3) is 0 Å². The number of hydrogen-bond acceptors (Lipinski definition) is 4. The molecular weight excluding hydrogens is 258 g/mol. The van der Waals surface area contributed by atoms with Crippen molar-refractivity contribution >= 4 is 29.0 Å². The van der Waals surface area contributed by atoms with E-state index >= 15 is 0 Å². The van der Waals surface area contributed by atoms with Crippen LogP contribution in [0.3, 0.4) is 0 Å². The molecule has 19 heavy (non-hydrogen) atoms. The van der Waals surface area contributed by atoms with Gasteiger partial charge in [0.25, 0.3) is 0 Å². The minimum Gasteiger partial charge on any atom is -0.397 e. The van der Waals surface area contributed by atoms with Gasteiger partial charge in [-0.15, -0.1) is 0 Å². The van der Waals surface area contributed by atoms with Crippen molar-refractivity contribution in [2.24, 2.45) is 5.73 Å². The van der Waals surface area contributed by atoms with Gasteiger partial charge in [0.15, 0.2) is 0 Å². The SMILES string of the molecule is CSC1CCC(Nc2cc(C(N)=O)ccc2N)CC1. The fraction of sp³-hybridized carbons (Fsp3) is 0.500. The average Bonchev–Trinajstić information content (AvgIpc) is 2.42. The van der Waals surface area contributed by atoms with Crippen molar-refractivity contribution in [3.05, 3.63) is 23.8 Å². The van der Waals surface area contributed by atoms with E-state index in [1.165, 1.54) is 12.8 Å². The van der Waals surface area contributed by atoms with Crippen LogP contribution >= 0.6 is 11.8 Å². The zero-order valence-electron chi connectivity index (χ0n) is 11.2. The monoisotopic (exact) mass is 279 g/mol. The Morgan fingerprint density at radius 3 is 2.58 bits per heavy atom. The van der Waals surface area contributed by atoms with Gasteiger partial charge >= 0.3 is 0 Å². The Morgan fingerprint density at radius 2 is 2.00 bits per heavy atom. The molecular formula is C14H21N3OS. The maximum absolute atomic E-state index is 11.2. The molecule has 1 aliphatic rings. The van der Waals surface area contributed by atoms with Crippen molar-refractivity contribution in [3.63, 3.8) is 0 Å². The predicted molar refractivity (Wildman–Crippen MR) is 82.6 cm³/mol. The Hall–Kier alpha value is -1.36. The van der Waals surface area contributed by atoms with Crippen LogP contribution in [0.5, 0.6) is 0 Å². The van der Waals surface area contributed by atoms with Crippen LogP contribution in [-0.4, -0.2) is 23.5 Å². The van der Waals surface area contributed by atoms with Crippen LogP contribution in [0, 0.1) is 0 Å². The lowest BCUT2D eigenvalue weighted by Crippen LogP contribution is -2.27. The third-order valence-electron chi connectivity index (χ3n) is 3.70. The molecule has 0 saturated heterocycles. The number of nitrogen functional groups attached to an aromatic ring is 1. The standard InChI is InChI=1S/C14H21N3OS/c1-19-11-5-3-10(4-6-11)17-13-8-9(14(16)18)2-7-12(13)15/h2,7-8,10-11,17H,3-6,15H2,1H3,(H2,16,18). The minimum absolute atomic E-state index is 0.422. The molecule has 0 aliphatic heterocycles. The lowest BCUT2D eigenvalue weighted by Gasteiger charge is -2.29. The Bertz CT molecular complexity index is 456. The molecule has 0 bridgehead atoms. The van der Waals surface area contributed by atoms with Gasteiger partial charge in [0, 0.05) is 16.9 Å². The number of hydrogen-bond donors (Lipinski definition) is 3. The topological polar surface area (TPSA) is 81.1 Å². The molecule has 104 valence electrons. The van der Waals surface area contributed by atoms with E-state index in [0.29, 0.717) is 17.3 Å². The second-order valence-electron chi connectivity index (χ2n) is 5.02. The number of amides is 1. The molecule has 0 spiro atoms. The number of rotatable bonds is 4. The summed E-state index contributed by atoms with van der Waals surface area (Å²) in [7, 11) is 0. The molecule has 0 unspecified atom stereocenters. The second-order valence-corrected chi connectivity index (χ2v) is 6.16. The van der Waals surface area contributed by atoms with Crippen LogP contribution in [-0.2, 0) is 0 Å². The minimum atomic E-state index is -0.422. The van der Waals surface area contributed by atoms with Crippen LogP contribution in [0.1, 0.15) is 36.0 Å². The molecule has 0 atom stereocenters. The van der Waals surface area contributed by atoms with E-state index in [1.54, 1.807) is 18.2 Å². The first kappa shape index (κ1) is 14.1. The van der Waals surface area contributed by atoms with Crippen LogP contribution in [0.4, 0.5) is 11.4 Å². The summed E-state index contributed by atoms with van der Waals surface area (Å²) in [6.45, 7) is 0. The van der Waals surface area contributed by atoms with E-state index in [-0.39, 0.29) is 0 Å². The van der Waals surface area contributed by atoms with E-state index in [9.17, 15) is 4.79 Å². The molecule has 0 aromatic heterocycles. The van der Waals surface area contributed by atoms with E-state index < -0.39 is 5.91 Å². The van der Waals surface area contributed by atoms with Crippen molar-refractivity contribution in [2.45, 2.75) is 37.0 Å². The molecule has 0 heterocycles. The van der Waals surface area contributed by atoms with Crippen LogP contribution < -0.4 is 16.8 Å². The van der Waals surface area contributed by atoms with Gasteiger partial charge < -0.3 is 16.8 Å². The van der Waals surface area contributed by atoms with E-state index in [4.69, 9.17) is 11.5 Å².